The molecule has 1 saturated carbocycles. The Labute approximate surface area is 121 Å². The highest BCUT2D eigenvalue weighted by Gasteiger charge is 2.41. The van der Waals surface area contributed by atoms with Crippen LogP contribution < -0.4 is 0 Å². The lowest BCUT2D eigenvalue weighted by molar-refractivity contribution is -0.155. The summed E-state index contributed by atoms with van der Waals surface area (Å²) in [4.78, 5) is 25.4. The second-order valence-corrected chi connectivity index (χ2v) is 6.74. The molecular formula is C15H27NO4. The van der Waals surface area contributed by atoms with Gasteiger partial charge in [-0.25, -0.2) is 0 Å². The molecule has 5 nitrogen and oxygen atoms in total. The van der Waals surface area contributed by atoms with Crippen molar-refractivity contribution >= 4 is 11.9 Å². The van der Waals surface area contributed by atoms with Crippen molar-refractivity contribution in [1.29, 1.82) is 0 Å². The Balaban J connectivity index is 2.75. The number of likely N-dealkylation sites (N-methyl/N-ethyl adjacent to an activating group) is 1. The van der Waals surface area contributed by atoms with Crippen LogP contribution in [0.25, 0.3) is 0 Å². The van der Waals surface area contributed by atoms with Crippen molar-refractivity contribution in [2.45, 2.75) is 64.4 Å². The maximum atomic E-state index is 12.3. The minimum atomic E-state index is -0.968. The number of rotatable bonds is 5. The van der Waals surface area contributed by atoms with Crippen molar-refractivity contribution in [3.05, 3.63) is 0 Å². The molecule has 0 aromatic heterocycles. The third-order valence-electron chi connectivity index (χ3n) is 4.05. The Morgan fingerprint density at radius 1 is 1.15 bits per heavy atom. The van der Waals surface area contributed by atoms with Crippen LogP contribution in [0, 0.1) is 5.41 Å². The van der Waals surface area contributed by atoms with Gasteiger partial charge >= 0.3 is 5.97 Å². The second kappa shape index (κ2) is 6.57. The summed E-state index contributed by atoms with van der Waals surface area (Å²) >= 11 is 0. The molecule has 1 aliphatic carbocycles. The van der Waals surface area contributed by atoms with Crippen LogP contribution in [0.15, 0.2) is 0 Å². The molecule has 0 atom stereocenters. The second-order valence-electron chi connectivity index (χ2n) is 6.74. The molecule has 2 N–H and O–H groups in total. The fourth-order valence-corrected chi connectivity index (χ4v) is 2.96. The molecule has 0 aliphatic heterocycles. The van der Waals surface area contributed by atoms with E-state index in [4.69, 9.17) is 0 Å². The van der Waals surface area contributed by atoms with Gasteiger partial charge in [-0.2, -0.15) is 0 Å². The highest BCUT2D eigenvalue weighted by atomic mass is 16.4. The molecule has 1 amide bonds. The van der Waals surface area contributed by atoms with Crippen LogP contribution in [0.5, 0.6) is 0 Å². The maximum absolute atomic E-state index is 12.3. The number of aliphatic carboxylic acids is 1. The molecule has 0 saturated heterocycles. The number of nitrogens with zero attached hydrogens (tertiary/aromatic N) is 1. The summed E-state index contributed by atoms with van der Waals surface area (Å²) in [6.07, 6.45) is 5.01. The van der Waals surface area contributed by atoms with Crippen molar-refractivity contribution in [3.8, 4) is 0 Å². The largest absolute Gasteiger partial charge is 0.481 e. The zero-order valence-corrected chi connectivity index (χ0v) is 12.8. The predicted molar refractivity (Wildman–Crippen MR) is 76.3 cm³/mol. The van der Waals surface area contributed by atoms with Crippen LogP contribution in [0.2, 0.25) is 0 Å². The fraction of sp³-hybridized carbons (Fsp3) is 0.867. The van der Waals surface area contributed by atoms with Gasteiger partial charge in [0.05, 0.1) is 11.0 Å². The van der Waals surface area contributed by atoms with E-state index in [9.17, 15) is 19.8 Å². The number of carboxylic acid groups (broad SMARTS) is 1. The molecule has 1 aliphatic rings. The predicted octanol–water partition coefficient (Wildman–Crippen LogP) is 2.03. The molecule has 0 aromatic rings. The molecule has 1 fully saturated rings. The third-order valence-corrected chi connectivity index (χ3v) is 4.05. The number of carbonyl (C=O) groups is 2. The third kappa shape index (κ3) is 4.78. The summed E-state index contributed by atoms with van der Waals surface area (Å²) < 4.78 is 0. The zero-order chi connectivity index (χ0) is 15.4. The van der Waals surface area contributed by atoms with Gasteiger partial charge in [-0.05, 0) is 26.7 Å². The quantitative estimate of drug-likeness (QED) is 0.758. The first-order valence-corrected chi connectivity index (χ1v) is 7.36. The van der Waals surface area contributed by atoms with Crippen LogP contribution >= 0.6 is 0 Å². The van der Waals surface area contributed by atoms with Crippen molar-refractivity contribution in [2.24, 2.45) is 5.41 Å². The summed E-state index contributed by atoms with van der Waals surface area (Å²) in [7, 11) is 1.62. The molecule has 0 spiro atoms. The normalized spacial score (nSPS) is 19.2. The van der Waals surface area contributed by atoms with Crippen molar-refractivity contribution in [1.82, 2.24) is 4.90 Å². The molecule has 1 rings (SSSR count). The molecule has 0 heterocycles. The first kappa shape index (κ1) is 17.0. The van der Waals surface area contributed by atoms with E-state index >= 15 is 0 Å². The summed E-state index contributed by atoms with van der Waals surface area (Å²) in [6.45, 7) is 3.48. The molecule has 5 heteroatoms. The van der Waals surface area contributed by atoms with Crippen LogP contribution in [-0.2, 0) is 9.59 Å². The minimum absolute atomic E-state index is 0.0366. The Bertz CT molecular complexity index is 351. The number of carboxylic acids is 1. The average Bonchev–Trinajstić information content (AvgIpc) is 2.53. The maximum Gasteiger partial charge on any atom is 0.310 e. The van der Waals surface area contributed by atoms with E-state index in [2.05, 4.69) is 0 Å². The Morgan fingerprint density at radius 3 is 2.05 bits per heavy atom. The number of hydrogen-bond donors (Lipinski definition) is 2. The summed E-state index contributed by atoms with van der Waals surface area (Å²) in [5.41, 5.74) is -1.88. The van der Waals surface area contributed by atoms with Crippen molar-refractivity contribution in [3.63, 3.8) is 0 Å². The van der Waals surface area contributed by atoms with E-state index in [-0.39, 0.29) is 18.9 Å². The van der Waals surface area contributed by atoms with Gasteiger partial charge in [0.25, 0.3) is 0 Å². The van der Waals surface area contributed by atoms with Crippen molar-refractivity contribution < 1.29 is 19.8 Å². The molecule has 0 aromatic carbocycles. The smallest absolute Gasteiger partial charge is 0.310 e. The Hall–Kier alpha value is -1.10. The molecule has 0 unspecified atom stereocenters. The molecule has 20 heavy (non-hydrogen) atoms. The van der Waals surface area contributed by atoms with E-state index in [1.54, 1.807) is 20.9 Å². The summed E-state index contributed by atoms with van der Waals surface area (Å²) in [5, 5.41) is 19.3. The number of hydrogen-bond acceptors (Lipinski definition) is 3. The molecule has 0 radical (unpaired) electrons. The van der Waals surface area contributed by atoms with E-state index in [0.717, 1.165) is 25.7 Å². The average molecular weight is 285 g/mol. The lowest BCUT2D eigenvalue weighted by Gasteiger charge is -2.31. The van der Waals surface area contributed by atoms with Gasteiger partial charge in [-0.1, -0.05) is 25.7 Å². The lowest BCUT2D eigenvalue weighted by Crippen LogP contribution is -2.43. The van der Waals surface area contributed by atoms with Crippen LogP contribution in [0.4, 0.5) is 0 Å². The zero-order valence-electron chi connectivity index (χ0n) is 12.8. The van der Waals surface area contributed by atoms with E-state index in [0.29, 0.717) is 12.8 Å². The first-order valence-electron chi connectivity index (χ1n) is 7.36. The number of carbonyl (C=O) groups excluding carboxylic acids is 1. The van der Waals surface area contributed by atoms with Gasteiger partial charge in [-0.3, -0.25) is 9.59 Å². The Kier molecular flexibility index (Phi) is 5.57. The van der Waals surface area contributed by atoms with E-state index in [1.807, 2.05) is 0 Å². The van der Waals surface area contributed by atoms with Gasteiger partial charge in [0.2, 0.25) is 5.91 Å². The van der Waals surface area contributed by atoms with Gasteiger partial charge < -0.3 is 15.1 Å². The highest BCUT2D eigenvalue weighted by Crippen LogP contribution is 2.38. The number of amides is 1. The highest BCUT2D eigenvalue weighted by molar-refractivity contribution is 5.85. The van der Waals surface area contributed by atoms with E-state index < -0.39 is 17.0 Å². The lowest BCUT2D eigenvalue weighted by atomic mass is 9.77. The monoisotopic (exact) mass is 285 g/mol. The van der Waals surface area contributed by atoms with Crippen LogP contribution in [0.3, 0.4) is 0 Å². The first-order chi connectivity index (χ1) is 9.16. The minimum Gasteiger partial charge on any atom is -0.481 e. The van der Waals surface area contributed by atoms with Gasteiger partial charge in [0.1, 0.15) is 0 Å². The van der Waals surface area contributed by atoms with E-state index in [1.165, 1.54) is 4.90 Å². The number of aliphatic hydroxyl groups is 1. The van der Waals surface area contributed by atoms with Crippen LogP contribution in [0.1, 0.15) is 58.8 Å². The Morgan fingerprint density at radius 2 is 1.65 bits per heavy atom. The standard InChI is InChI=1S/C15H27NO4/c1-14(2,20)11-16(3)12(17)10-15(13(18)19)8-6-4-5-7-9-15/h20H,4-11H2,1-3H3,(H,18,19). The molecule has 116 valence electrons. The van der Waals surface area contributed by atoms with Crippen molar-refractivity contribution in [2.75, 3.05) is 13.6 Å². The SMILES string of the molecule is CN(CC(C)(C)O)C(=O)CC1(C(=O)O)CCCCCC1. The van der Waals surface area contributed by atoms with Gasteiger partial charge in [0, 0.05) is 20.0 Å². The summed E-state index contributed by atoms with van der Waals surface area (Å²) in [6, 6.07) is 0. The molecule has 0 bridgehead atoms. The van der Waals surface area contributed by atoms with Crippen LogP contribution in [-0.4, -0.2) is 46.2 Å². The molecular weight excluding hydrogens is 258 g/mol. The fourth-order valence-electron chi connectivity index (χ4n) is 2.96. The topological polar surface area (TPSA) is 77.8 Å². The summed E-state index contributed by atoms with van der Waals surface area (Å²) in [5.74, 6) is -1.05. The van der Waals surface area contributed by atoms with Gasteiger partial charge in [-0.15, -0.1) is 0 Å². The van der Waals surface area contributed by atoms with Gasteiger partial charge in [0.15, 0.2) is 0 Å².